The Bertz CT molecular complexity index is 837. The van der Waals surface area contributed by atoms with Crippen LogP contribution in [0.15, 0.2) is 36.5 Å². The lowest BCUT2D eigenvalue weighted by molar-refractivity contribution is -0.134. The Hall–Kier alpha value is -2.35. The first kappa shape index (κ1) is 16.5. The molecule has 0 spiro atoms. The Labute approximate surface area is 141 Å². The molecule has 2 aromatic heterocycles. The summed E-state index contributed by atoms with van der Waals surface area (Å²) in [6.07, 6.45) is -3.51. The maximum atomic E-state index is 12.6. The Morgan fingerprint density at radius 2 is 1.88 bits per heavy atom. The fraction of sp³-hybridized carbons (Fsp3) is 0.250. The van der Waals surface area contributed by atoms with Crippen LogP contribution >= 0.6 is 11.3 Å². The van der Waals surface area contributed by atoms with E-state index in [0.717, 1.165) is 28.8 Å². The maximum absolute atomic E-state index is 12.6. The lowest BCUT2D eigenvalue weighted by atomic mass is 10.2. The number of anilines is 1. The molecule has 0 aliphatic rings. The molecule has 1 aromatic carbocycles. The molecule has 2 heterocycles. The molecule has 3 rings (SSSR count). The summed E-state index contributed by atoms with van der Waals surface area (Å²) in [6.45, 7) is 4.19. The van der Waals surface area contributed by atoms with Crippen molar-refractivity contribution in [3.63, 3.8) is 0 Å². The number of nitrogens with one attached hydrogen (secondary N) is 1. The zero-order valence-corrected chi connectivity index (χ0v) is 13.9. The lowest BCUT2D eigenvalue weighted by Gasteiger charge is -2.06. The van der Waals surface area contributed by atoms with Gasteiger partial charge in [0.05, 0.1) is 17.6 Å². The minimum Gasteiger partial charge on any atom is -0.357 e. The van der Waals surface area contributed by atoms with Crippen molar-refractivity contribution < 1.29 is 13.2 Å². The van der Waals surface area contributed by atoms with E-state index in [1.54, 1.807) is 0 Å². The Morgan fingerprint density at radius 1 is 1.17 bits per heavy atom. The number of hydrogen-bond donors (Lipinski definition) is 1. The second-order valence-electron chi connectivity index (χ2n) is 5.28. The minimum absolute atomic E-state index is 0.244. The van der Waals surface area contributed by atoms with E-state index >= 15 is 0 Å². The van der Waals surface area contributed by atoms with E-state index in [-0.39, 0.29) is 5.13 Å². The first-order valence-corrected chi connectivity index (χ1v) is 8.05. The molecule has 24 heavy (non-hydrogen) atoms. The minimum atomic E-state index is -4.36. The molecule has 0 amide bonds. The van der Waals surface area contributed by atoms with Crippen molar-refractivity contribution in [2.45, 2.75) is 26.6 Å². The average Bonchev–Trinajstić information content (AvgIpc) is 3.12. The Balaban J connectivity index is 1.79. The monoisotopic (exact) mass is 352 g/mol. The fourth-order valence-corrected chi connectivity index (χ4v) is 3.08. The second kappa shape index (κ2) is 6.27. The second-order valence-corrected chi connectivity index (χ2v) is 6.31. The summed E-state index contributed by atoms with van der Waals surface area (Å²) in [5.74, 6) is 0. The van der Waals surface area contributed by atoms with E-state index in [0.29, 0.717) is 17.9 Å². The topological polar surface area (TPSA) is 42.7 Å². The normalized spacial score (nSPS) is 11.7. The van der Waals surface area contributed by atoms with Crippen LogP contribution in [0.4, 0.5) is 18.3 Å². The van der Waals surface area contributed by atoms with E-state index in [1.807, 2.05) is 48.9 Å². The van der Waals surface area contributed by atoms with Crippen LogP contribution in [0.25, 0.3) is 5.69 Å². The van der Waals surface area contributed by atoms with Crippen molar-refractivity contribution in [3.05, 3.63) is 58.4 Å². The van der Waals surface area contributed by atoms with Gasteiger partial charge in [-0.05, 0) is 26.0 Å². The van der Waals surface area contributed by atoms with Gasteiger partial charge in [0, 0.05) is 17.8 Å². The summed E-state index contributed by atoms with van der Waals surface area (Å²) in [4.78, 5) is 3.07. The van der Waals surface area contributed by atoms with Gasteiger partial charge >= 0.3 is 6.18 Å². The quantitative estimate of drug-likeness (QED) is 0.748. The number of nitrogens with zero attached hydrogens (tertiary/aromatic N) is 3. The first-order valence-electron chi connectivity index (χ1n) is 7.23. The van der Waals surface area contributed by atoms with Crippen molar-refractivity contribution in [2.24, 2.45) is 0 Å². The van der Waals surface area contributed by atoms with Crippen molar-refractivity contribution in [2.75, 3.05) is 5.32 Å². The lowest BCUT2D eigenvalue weighted by Crippen LogP contribution is -2.03. The number of alkyl halides is 3. The molecular weight excluding hydrogens is 337 g/mol. The van der Waals surface area contributed by atoms with Crippen LogP contribution in [-0.4, -0.2) is 14.8 Å². The van der Waals surface area contributed by atoms with Crippen molar-refractivity contribution in [3.8, 4) is 5.69 Å². The van der Waals surface area contributed by atoms with Crippen LogP contribution in [0.2, 0.25) is 0 Å². The molecule has 0 fully saturated rings. The Morgan fingerprint density at radius 3 is 2.50 bits per heavy atom. The van der Waals surface area contributed by atoms with Gasteiger partial charge in [-0.3, -0.25) is 0 Å². The van der Waals surface area contributed by atoms with Gasteiger partial charge < -0.3 is 5.32 Å². The number of halogens is 3. The highest BCUT2D eigenvalue weighted by Crippen LogP contribution is 2.35. The summed E-state index contributed by atoms with van der Waals surface area (Å²) in [5.41, 5.74) is 3.66. The molecule has 0 saturated heterocycles. The molecule has 8 heteroatoms. The third-order valence-corrected chi connectivity index (χ3v) is 4.64. The van der Waals surface area contributed by atoms with Crippen LogP contribution in [0, 0.1) is 13.8 Å². The number of aromatic nitrogens is 3. The fourth-order valence-electron chi connectivity index (χ4n) is 2.40. The number of rotatable bonds is 4. The van der Waals surface area contributed by atoms with Crippen LogP contribution in [0.5, 0.6) is 0 Å². The molecule has 0 atom stereocenters. The van der Waals surface area contributed by atoms with Crippen molar-refractivity contribution in [1.29, 1.82) is 0 Å². The van der Waals surface area contributed by atoms with Crippen molar-refractivity contribution in [1.82, 2.24) is 14.8 Å². The molecule has 0 radical (unpaired) electrons. The van der Waals surface area contributed by atoms with Gasteiger partial charge in [0.25, 0.3) is 0 Å². The summed E-state index contributed by atoms with van der Waals surface area (Å²) in [7, 11) is 0. The number of benzene rings is 1. The molecule has 0 aliphatic heterocycles. The molecule has 4 nitrogen and oxygen atoms in total. The van der Waals surface area contributed by atoms with Crippen LogP contribution < -0.4 is 5.32 Å². The van der Waals surface area contributed by atoms with Crippen LogP contribution in [-0.2, 0) is 12.7 Å². The molecule has 0 unspecified atom stereocenters. The standard InChI is InChI=1S/C16H15F3N4S/c1-10-13(8-20-15-21-9-14(24-15)16(17,18)19)11(2)23(22-10)12-6-4-3-5-7-12/h3-7,9H,8H2,1-2H3,(H,20,21). The largest absolute Gasteiger partial charge is 0.427 e. The SMILES string of the molecule is Cc1nn(-c2ccccc2)c(C)c1CNc1ncc(C(F)(F)F)s1. The third kappa shape index (κ3) is 3.28. The van der Waals surface area contributed by atoms with Gasteiger partial charge in [-0.25, -0.2) is 9.67 Å². The highest BCUT2D eigenvalue weighted by Gasteiger charge is 2.33. The highest BCUT2D eigenvalue weighted by molar-refractivity contribution is 7.15. The average molecular weight is 352 g/mol. The number of aryl methyl sites for hydroxylation is 1. The number of thiazole rings is 1. The highest BCUT2D eigenvalue weighted by atomic mass is 32.1. The third-order valence-electron chi connectivity index (χ3n) is 3.64. The van der Waals surface area contributed by atoms with E-state index < -0.39 is 11.1 Å². The molecular formula is C16H15F3N4S. The van der Waals surface area contributed by atoms with Crippen LogP contribution in [0.3, 0.4) is 0 Å². The Kier molecular flexibility index (Phi) is 4.31. The van der Waals surface area contributed by atoms with Gasteiger partial charge in [0.2, 0.25) is 0 Å². The number of hydrogen-bond acceptors (Lipinski definition) is 4. The van der Waals surface area contributed by atoms with E-state index in [1.165, 1.54) is 0 Å². The predicted molar refractivity (Wildman–Crippen MR) is 87.5 cm³/mol. The summed E-state index contributed by atoms with van der Waals surface area (Å²) in [5, 5.41) is 7.71. The van der Waals surface area contributed by atoms with E-state index in [9.17, 15) is 13.2 Å². The molecule has 0 aliphatic carbocycles. The maximum Gasteiger partial charge on any atom is 0.427 e. The predicted octanol–water partition coefficient (Wildman–Crippen LogP) is 4.58. The molecule has 0 bridgehead atoms. The van der Waals surface area contributed by atoms with Gasteiger partial charge in [-0.1, -0.05) is 29.5 Å². The number of para-hydroxylation sites is 1. The van der Waals surface area contributed by atoms with Gasteiger partial charge in [-0.2, -0.15) is 18.3 Å². The zero-order chi connectivity index (χ0) is 17.3. The van der Waals surface area contributed by atoms with E-state index in [4.69, 9.17) is 0 Å². The van der Waals surface area contributed by atoms with Crippen molar-refractivity contribution >= 4 is 16.5 Å². The first-order chi connectivity index (χ1) is 11.4. The smallest absolute Gasteiger partial charge is 0.357 e. The zero-order valence-electron chi connectivity index (χ0n) is 13.1. The van der Waals surface area contributed by atoms with Crippen LogP contribution in [0.1, 0.15) is 21.8 Å². The van der Waals surface area contributed by atoms with E-state index in [2.05, 4.69) is 15.4 Å². The molecule has 3 aromatic rings. The van der Waals surface area contributed by atoms with Gasteiger partial charge in [0.1, 0.15) is 4.88 Å². The molecule has 0 saturated carbocycles. The summed E-state index contributed by atoms with van der Waals surface area (Å²) < 4.78 is 39.7. The molecule has 1 N–H and O–H groups in total. The summed E-state index contributed by atoms with van der Waals surface area (Å²) in [6, 6.07) is 9.69. The summed E-state index contributed by atoms with van der Waals surface area (Å²) >= 11 is 0.600. The molecule has 126 valence electrons. The van der Waals surface area contributed by atoms with Gasteiger partial charge in [-0.15, -0.1) is 0 Å². The van der Waals surface area contributed by atoms with Gasteiger partial charge in [0.15, 0.2) is 5.13 Å².